The van der Waals surface area contributed by atoms with Crippen LogP contribution < -0.4 is 5.32 Å². The van der Waals surface area contributed by atoms with Gasteiger partial charge < -0.3 is 4.74 Å². The molecule has 1 N–H and O–H groups in total. The lowest BCUT2D eigenvalue weighted by molar-refractivity contribution is -0.115. The Morgan fingerprint density at radius 3 is 2.36 bits per heavy atom. The summed E-state index contributed by atoms with van der Waals surface area (Å²) in [5.41, 5.74) is 1.28. The van der Waals surface area contributed by atoms with E-state index in [9.17, 15) is 14.4 Å². The van der Waals surface area contributed by atoms with Crippen molar-refractivity contribution in [2.45, 2.75) is 6.04 Å². The highest BCUT2D eigenvalue weighted by atomic mass is 16.6. The Hall–Kier alpha value is -3.41. The normalized spacial score (nSPS) is 16.7. The highest BCUT2D eigenvalue weighted by Crippen LogP contribution is 2.27. The summed E-state index contributed by atoms with van der Waals surface area (Å²) in [6.45, 7) is 0.206. The van der Waals surface area contributed by atoms with Gasteiger partial charge in [0.1, 0.15) is 6.61 Å². The second kappa shape index (κ2) is 7.44. The van der Waals surface area contributed by atoms with Crippen LogP contribution in [0, 0.1) is 0 Å². The number of rotatable bonds is 4. The minimum absolute atomic E-state index is 0.206. The first-order valence-corrected chi connectivity index (χ1v) is 7.74. The molecule has 3 rings (SSSR count). The van der Waals surface area contributed by atoms with Gasteiger partial charge in [0.15, 0.2) is 0 Å². The molecule has 1 heterocycles. The smallest absolute Gasteiger partial charge is 0.414 e. The third-order valence-corrected chi connectivity index (χ3v) is 3.75. The molecule has 1 saturated heterocycles. The van der Waals surface area contributed by atoms with Crippen LogP contribution in [-0.4, -0.2) is 29.4 Å². The molecular weight excluding hydrogens is 320 g/mol. The van der Waals surface area contributed by atoms with E-state index in [1.807, 2.05) is 30.3 Å². The first-order chi connectivity index (χ1) is 12.1. The molecule has 1 aliphatic rings. The standard InChI is InChI=1S/C19H16N2O4/c22-17(20-18(23)15-9-5-2-6-10-15)11-12-21-16(13-25-19(21)24)14-7-3-1-4-8-14/h1-12,16H,13H2,(H,20,22,23)/b12-11-/t16-/m0/s1. The predicted molar refractivity (Wildman–Crippen MR) is 90.4 cm³/mol. The lowest BCUT2D eigenvalue weighted by Crippen LogP contribution is -2.29. The summed E-state index contributed by atoms with van der Waals surface area (Å²) < 4.78 is 5.05. The molecule has 1 aliphatic heterocycles. The van der Waals surface area contributed by atoms with Gasteiger partial charge in [0, 0.05) is 17.8 Å². The SMILES string of the molecule is O=C(/C=C\N1C(=O)OC[C@H]1c1ccccc1)NC(=O)c1ccccc1. The average molecular weight is 336 g/mol. The van der Waals surface area contributed by atoms with E-state index in [1.165, 1.54) is 11.1 Å². The average Bonchev–Trinajstić information content (AvgIpc) is 3.02. The zero-order valence-corrected chi connectivity index (χ0v) is 13.3. The van der Waals surface area contributed by atoms with Gasteiger partial charge in [-0.2, -0.15) is 0 Å². The van der Waals surface area contributed by atoms with Crippen LogP contribution >= 0.6 is 0 Å². The quantitative estimate of drug-likeness (QED) is 0.871. The number of benzene rings is 2. The molecule has 3 amide bonds. The number of imide groups is 1. The number of carbonyl (C=O) groups excluding carboxylic acids is 3. The topological polar surface area (TPSA) is 75.7 Å². The highest BCUT2D eigenvalue weighted by molar-refractivity contribution is 6.07. The minimum atomic E-state index is -0.611. The maximum absolute atomic E-state index is 11.9. The molecule has 6 heteroatoms. The van der Waals surface area contributed by atoms with Crippen LogP contribution in [0.3, 0.4) is 0 Å². The number of carbonyl (C=O) groups is 3. The molecule has 0 unspecified atom stereocenters. The van der Waals surface area contributed by atoms with E-state index in [2.05, 4.69) is 5.32 Å². The third-order valence-electron chi connectivity index (χ3n) is 3.75. The van der Waals surface area contributed by atoms with E-state index in [-0.39, 0.29) is 12.6 Å². The van der Waals surface area contributed by atoms with Crippen molar-refractivity contribution < 1.29 is 19.1 Å². The fourth-order valence-electron chi connectivity index (χ4n) is 2.49. The molecule has 0 bridgehead atoms. The van der Waals surface area contributed by atoms with Gasteiger partial charge in [0.05, 0.1) is 6.04 Å². The number of cyclic esters (lactones) is 1. The van der Waals surface area contributed by atoms with Gasteiger partial charge in [-0.25, -0.2) is 4.79 Å². The molecule has 0 aromatic heterocycles. The van der Waals surface area contributed by atoms with Crippen molar-refractivity contribution in [3.8, 4) is 0 Å². The van der Waals surface area contributed by atoms with Crippen LogP contribution in [0.15, 0.2) is 72.9 Å². The second-order valence-corrected chi connectivity index (χ2v) is 5.41. The second-order valence-electron chi connectivity index (χ2n) is 5.41. The van der Waals surface area contributed by atoms with E-state index >= 15 is 0 Å². The lowest BCUT2D eigenvalue weighted by atomic mass is 10.1. The Morgan fingerprint density at radius 2 is 1.68 bits per heavy atom. The molecule has 126 valence electrons. The van der Waals surface area contributed by atoms with E-state index in [0.29, 0.717) is 5.56 Å². The first-order valence-electron chi connectivity index (χ1n) is 7.74. The number of hydrogen-bond donors (Lipinski definition) is 1. The van der Waals surface area contributed by atoms with Crippen molar-refractivity contribution in [1.29, 1.82) is 0 Å². The molecule has 0 radical (unpaired) electrons. The van der Waals surface area contributed by atoms with Gasteiger partial charge in [-0.3, -0.25) is 19.8 Å². The monoisotopic (exact) mass is 336 g/mol. The molecule has 2 aromatic carbocycles. The van der Waals surface area contributed by atoms with Crippen LogP contribution in [0.2, 0.25) is 0 Å². The molecular formula is C19H16N2O4. The fourth-order valence-corrected chi connectivity index (χ4v) is 2.49. The molecule has 1 fully saturated rings. The van der Waals surface area contributed by atoms with Gasteiger partial charge in [-0.1, -0.05) is 48.5 Å². The number of nitrogens with zero attached hydrogens (tertiary/aromatic N) is 1. The molecule has 1 atom stereocenters. The van der Waals surface area contributed by atoms with Crippen molar-refractivity contribution in [2.24, 2.45) is 0 Å². The maximum atomic E-state index is 11.9. The largest absolute Gasteiger partial charge is 0.447 e. The summed E-state index contributed by atoms with van der Waals surface area (Å²) in [6, 6.07) is 17.5. The summed E-state index contributed by atoms with van der Waals surface area (Å²) >= 11 is 0. The van der Waals surface area contributed by atoms with Crippen LogP contribution in [0.1, 0.15) is 22.0 Å². The molecule has 0 saturated carbocycles. The summed E-state index contributed by atoms with van der Waals surface area (Å²) in [4.78, 5) is 37.1. The van der Waals surface area contributed by atoms with Gasteiger partial charge >= 0.3 is 6.09 Å². The Balaban J connectivity index is 1.66. The maximum Gasteiger partial charge on any atom is 0.414 e. The van der Waals surface area contributed by atoms with E-state index < -0.39 is 17.9 Å². The first kappa shape index (κ1) is 16.4. The lowest BCUT2D eigenvalue weighted by Gasteiger charge is -2.17. The predicted octanol–water partition coefficient (Wildman–Crippen LogP) is 2.65. The molecule has 0 aliphatic carbocycles. The zero-order valence-electron chi connectivity index (χ0n) is 13.3. The summed E-state index contributed by atoms with van der Waals surface area (Å²) in [6.07, 6.45) is 1.94. The van der Waals surface area contributed by atoms with Crippen molar-refractivity contribution in [3.63, 3.8) is 0 Å². The molecule has 2 aromatic rings. The Kier molecular flexibility index (Phi) is 4.89. The van der Waals surface area contributed by atoms with Gasteiger partial charge in [0.25, 0.3) is 11.8 Å². The van der Waals surface area contributed by atoms with Crippen LogP contribution in [0.4, 0.5) is 4.79 Å². The highest BCUT2D eigenvalue weighted by Gasteiger charge is 2.32. The number of nitrogens with one attached hydrogen (secondary N) is 1. The van der Waals surface area contributed by atoms with Gasteiger partial charge in [0.2, 0.25) is 0 Å². The minimum Gasteiger partial charge on any atom is -0.447 e. The van der Waals surface area contributed by atoms with Crippen molar-refractivity contribution in [2.75, 3.05) is 6.61 Å². The fraction of sp³-hybridized carbons (Fsp3) is 0.105. The van der Waals surface area contributed by atoms with Gasteiger partial charge in [-0.05, 0) is 17.7 Å². The number of hydrogen-bond acceptors (Lipinski definition) is 4. The summed E-state index contributed by atoms with van der Waals surface area (Å²) in [5.74, 6) is -1.11. The van der Waals surface area contributed by atoms with Crippen LogP contribution in [-0.2, 0) is 9.53 Å². The van der Waals surface area contributed by atoms with E-state index in [1.54, 1.807) is 30.3 Å². The van der Waals surface area contributed by atoms with Crippen molar-refractivity contribution >= 4 is 17.9 Å². The Bertz CT molecular complexity index is 803. The van der Waals surface area contributed by atoms with Gasteiger partial charge in [-0.15, -0.1) is 0 Å². The van der Waals surface area contributed by atoms with E-state index in [4.69, 9.17) is 4.74 Å². The molecule has 25 heavy (non-hydrogen) atoms. The Labute approximate surface area is 144 Å². The molecule has 0 spiro atoms. The van der Waals surface area contributed by atoms with Crippen molar-refractivity contribution in [1.82, 2.24) is 10.2 Å². The third kappa shape index (κ3) is 3.92. The van der Waals surface area contributed by atoms with Crippen LogP contribution in [0.25, 0.3) is 0 Å². The Morgan fingerprint density at radius 1 is 1.04 bits per heavy atom. The summed E-state index contributed by atoms with van der Waals surface area (Å²) in [5, 5.41) is 2.25. The van der Waals surface area contributed by atoms with Crippen molar-refractivity contribution in [3.05, 3.63) is 84.1 Å². The number of ether oxygens (including phenoxy) is 1. The van der Waals surface area contributed by atoms with E-state index in [0.717, 1.165) is 11.6 Å². The zero-order chi connectivity index (χ0) is 17.6. The van der Waals surface area contributed by atoms with Crippen LogP contribution in [0.5, 0.6) is 0 Å². The molecule has 6 nitrogen and oxygen atoms in total. The number of amides is 3. The summed E-state index contributed by atoms with van der Waals surface area (Å²) in [7, 11) is 0.